The van der Waals surface area contributed by atoms with Crippen LogP contribution in [-0.2, 0) is 35.1 Å². The topological polar surface area (TPSA) is 72.5 Å². The molecule has 176 valence electrons. The molecule has 2 rings (SSSR count). The van der Waals surface area contributed by atoms with Crippen LogP contribution >= 0.6 is 0 Å². The molecule has 0 aliphatic heterocycles. The normalized spacial score (nSPS) is 10.8. The van der Waals surface area contributed by atoms with Crippen LogP contribution in [-0.4, -0.2) is 66.4 Å². The second kappa shape index (κ2) is 15.4. The van der Waals surface area contributed by atoms with E-state index >= 15 is 0 Å². The maximum absolute atomic E-state index is 10.7. The third-order valence-electron chi connectivity index (χ3n) is 4.73. The number of methoxy groups -OCH3 is 1. The van der Waals surface area contributed by atoms with E-state index in [4.69, 9.17) is 28.4 Å². The minimum Gasteiger partial charge on any atom is -0.491 e. The number of rotatable bonds is 17. The number of ether oxygens (including phenoxy) is 6. The van der Waals surface area contributed by atoms with Gasteiger partial charge in [0.15, 0.2) is 0 Å². The summed E-state index contributed by atoms with van der Waals surface area (Å²) in [6.07, 6.45) is 0. The summed E-state index contributed by atoms with van der Waals surface area (Å²) >= 11 is 0. The molecule has 0 aliphatic carbocycles. The standard InChI is InChI=1S/C25H34O7/c1-20-4-5-21(2)24(16-20)22-6-7-25(23(17-22)18-31-19-26)32-15-14-30-13-12-29-11-10-28-9-8-27-3/h4-7,16-17,19H,8-15,18H2,1-3H3. The Labute approximate surface area is 190 Å². The zero-order valence-electron chi connectivity index (χ0n) is 19.3. The van der Waals surface area contributed by atoms with Crippen molar-refractivity contribution in [3.8, 4) is 16.9 Å². The lowest BCUT2D eigenvalue weighted by Crippen LogP contribution is -2.14. The Hall–Kier alpha value is -2.45. The van der Waals surface area contributed by atoms with E-state index in [1.54, 1.807) is 7.11 Å². The number of aryl methyl sites for hydroxylation is 2. The van der Waals surface area contributed by atoms with Gasteiger partial charge in [0.25, 0.3) is 6.47 Å². The van der Waals surface area contributed by atoms with Gasteiger partial charge in [-0.05, 0) is 42.7 Å². The lowest BCUT2D eigenvalue weighted by molar-refractivity contribution is -0.129. The Morgan fingerprint density at radius 2 is 1.44 bits per heavy atom. The number of carbonyl (C=O) groups excluding carboxylic acids is 1. The minimum atomic E-state index is 0.151. The van der Waals surface area contributed by atoms with Crippen LogP contribution in [0.3, 0.4) is 0 Å². The highest BCUT2D eigenvalue weighted by Gasteiger charge is 2.10. The molecule has 0 spiro atoms. The van der Waals surface area contributed by atoms with Crippen LogP contribution in [0.5, 0.6) is 5.75 Å². The van der Waals surface area contributed by atoms with Crippen molar-refractivity contribution in [1.82, 2.24) is 0 Å². The van der Waals surface area contributed by atoms with Crippen molar-refractivity contribution in [3.05, 3.63) is 53.1 Å². The Morgan fingerprint density at radius 1 is 0.781 bits per heavy atom. The SMILES string of the molecule is COCCOCCOCCOCCOc1ccc(-c2cc(C)ccc2C)cc1COC=O. The largest absolute Gasteiger partial charge is 0.491 e. The van der Waals surface area contributed by atoms with Crippen LogP contribution < -0.4 is 4.74 Å². The molecule has 0 amide bonds. The number of benzene rings is 2. The fraction of sp³-hybridized carbons (Fsp3) is 0.480. The van der Waals surface area contributed by atoms with E-state index in [0.29, 0.717) is 65.1 Å². The first-order chi connectivity index (χ1) is 15.7. The second-order valence-corrected chi connectivity index (χ2v) is 7.23. The monoisotopic (exact) mass is 446 g/mol. The molecule has 0 unspecified atom stereocenters. The van der Waals surface area contributed by atoms with Crippen molar-refractivity contribution in [2.45, 2.75) is 20.5 Å². The lowest BCUT2D eigenvalue weighted by Gasteiger charge is -2.14. The van der Waals surface area contributed by atoms with Gasteiger partial charge in [0, 0.05) is 12.7 Å². The highest BCUT2D eigenvalue weighted by molar-refractivity contribution is 5.69. The molecule has 0 heterocycles. The average molecular weight is 447 g/mol. The van der Waals surface area contributed by atoms with Crippen LogP contribution in [0.2, 0.25) is 0 Å². The molecule has 2 aromatic carbocycles. The predicted molar refractivity (Wildman–Crippen MR) is 122 cm³/mol. The van der Waals surface area contributed by atoms with Crippen molar-refractivity contribution in [3.63, 3.8) is 0 Å². The summed E-state index contributed by atoms with van der Waals surface area (Å²) in [5, 5.41) is 0. The molecule has 0 bridgehead atoms. The summed E-state index contributed by atoms with van der Waals surface area (Å²) in [4.78, 5) is 10.7. The Kier molecular flexibility index (Phi) is 12.4. The molecule has 0 saturated heterocycles. The number of hydrogen-bond donors (Lipinski definition) is 0. The number of carbonyl (C=O) groups is 1. The summed E-state index contributed by atoms with van der Waals surface area (Å²) in [5.41, 5.74) is 5.39. The summed E-state index contributed by atoms with van der Waals surface area (Å²) in [6.45, 7) is 8.75. The van der Waals surface area contributed by atoms with E-state index in [1.807, 2.05) is 18.2 Å². The molecule has 7 nitrogen and oxygen atoms in total. The quantitative estimate of drug-likeness (QED) is 0.271. The third kappa shape index (κ3) is 9.36. The molecular formula is C25H34O7. The molecule has 2 aromatic rings. The van der Waals surface area contributed by atoms with Gasteiger partial charge in [0.05, 0.1) is 46.2 Å². The van der Waals surface area contributed by atoms with Crippen LogP contribution in [0.1, 0.15) is 16.7 Å². The second-order valence-electron chi connectivity index (χ2n) is 7.23. The van der Waals surface area contributed by atoms with Crippen molar-refractivity contribution >= 4 is 6.47 Å². The van der Waals surface area contributed by atoms with Gasteiger partial charge in [-0.25, -0.2) is 0 Å². The van der Waals surface area contributed by atoms with Crippen molar-refractivity contribution in [2.75, 3.05) is 60.0 Å². The predicted octanol–water partition coefficient (Wildman–Crippen LogP) is 3.72. The van der Waals surface area contributed by atoms with E-state index < -0.39 is 0 Å². The Morgan fingerprint density at radius 3 is 2.09 bits per heavy atom. The van der Waals surface area contributed by atoms with Gasteiger partial charge in [-0.2, -0.15) is 0 Å². The van der Waals surface area contributed by atoms with E-state index in [0.717, 1.165) is 16.7 Å². The highest BCUT2D eigenvalue weighted by atomic mass is 16.6. The van der Waals surface area contributed by atoms with E-state index in [1.165, 1.54) is 11.1 Å². The zero-order chi connectivity index (χ0) is 23.0. The van der Waals surface area contributed by atoms with E-state index in [2.05, 4.69) is 32.0 Å². The van der Waals surface area contributed by atoms with Gasteiger partial charge in [-0.15, -0.1) is 0 Å². The van der Waals surface area contributed by atoms with Crippen LogP contribution in [0, 0.1) is 13.8 Å². The first-order valence-electron chi connectivity index (χ1n) is 10.8. The fourth-order valence-corrected chi connectivity index (χ4v) is 3.07. The maximum Gasteiger partial charge on any atom is 0.293 e. The van der Waals surface area contributed by atoms with Gasteiger partial charge in [-0.1, -0.05) is 29.8 Å². The summed E-state index contributed by atoms with van der Waals surface area (Å²) in [6, 6.07) is 12.3. The maximum atomic E-state index is 10.7. The van der Waals surface area contributed by atoms with Crippen LogP contribution in [0.15, 0.2) is 36.4 Å². The van der Waals surface area contributed by atoms with Gasteiger partial charge in [0.2, 0.25) is 0 Å². The van der Waals surface area contributed by atoms with Gasteiger partial charge in [0.1, 0.15) is 19.0 Å². The smallest absolute Gasteiger partial charge is 0.293 e. The molecule has 0 atom stereocenters. The van der Waals surface area contributed by atoms with Gasteiger partial charge in [-0.3, -0.25) is 4.79 Å². The summed E-state index contributed by atoms with van der Waals surface area (Å²) < 4.78 is 32.1. The molecule has 7 heteroatoms. The van der Waals surface area contributed by atoms with Crippen molar-refractivity contribution < 1.29 is 33.2 Å². The molecule has 0 aromatic heterocycles. The minimum absolute atomic E-state index is 0.151. The van der Waals surface area contributed by atoms with Crippen molar-refractivity contribution in [2.24, 2.45) is 0 Å². The summed E-state index contributed by atoms with van der Waals surface area (Å²) in [5.74, 6) is 0.675. The van der Waals surface area contributed by atoms with Crippen molar-refractivity contribution in [1.29, 1.82) is 0 Å². The molecule has 0 saturated carbocycles. The molecule has 32 heavy (non-hydrogen) atoms. The molecule has 0 N–H and O–H groups in total. The zero-order valence-corrected chi connectivity index (χ0v) is 19.3. The number of hydrogen-bond acceptors (Lipinski definition) is 7. The summed E-state index contributed by atoms with van der Waals surface area (Å²) in [7, 11) is 1.64. The fourth-order valence-electron chi connectivity index (χ4n) is 3.07. The van der Waals surface area contributed by atoms with Crippen LogP contribution in [0.25, 0.3) is 11.1 Å². The Bertz CT molecular complexity index is 807. The third-order valence-corrected chi connectivity index (χ3v) is 4.73. The molecule has 0 fully saturated rings. The first-order valence-corrected chi connectivity index (χ1v) is 10.8. The molecular weight excluding hydrogens is 412 g/mol. The first kappa shape index (κ1) is 25.8. The molecule has 0 aliphatic rings. The van der Waals surface area contributed by atoms with Gasteiger partial charge < -0.3 is 28.4 Å². The van der Waals surface area contributed by atoms with E-state index in [9.17, 15) is 4.79 Å². The lowest BCUT2D eigenvalue weighted by atomic mass is 9.97. The average Bonchev–Trinajstić information content (AvgIpc) is 2.80. The Balaban J connectivity index is 1.77. The van der Waals surface area contributed by atoms with E-state index in [-0.39, 0.29) is 6.61 Å². The van der Waals surface area contributed by atoms with Crippen LogP contribution in [0.4, 0.5) is 0 Å². The molecule has 0 radical (unpaired) electrons. The highest BCUT2D eigenvalue weighted by Crippen LogP contribution is 2.30. The van der Waals surface area contributed by atoms with Gasteiger partial charge >= 0.3 is 0 Å².